The van der Waals surface area contributed by atoms with E-state index in [1.54, 1.807) is 0 Å². The molecule has 0 amide bonds. The molecule has 0 saturated carbocycles. The van der Waals surface area contributed by atoms with Crippen molar-refractivity contribution in [3.8, 4) is 35.2 Å². The number of anilines is 2. The van der Waals surface area contributed by atoms with Crippen LogP contribution in [-0.2, 0) is 0 Å². The smallest absolute Gasteiger partial charge is 0.390 e. The Kier molecular flexibility index (Phi) is 9.04. The molecule has 0 aliphatic carbocycles. The van der Waals surface area contributed by atoms with Gasteiger partial charge in [-0.05, 0) is 61.4 Å². The number of benzene rings is 3. The average molecular weight is 752 g/mol. The predicted octanol–water partition coefficient (Wildman–Crippen LogP) is 6.61. The van der Waals surface area contributed by atoms with E-state index in [1.165, 1.54) is 31.5 Å². The minimum Gasteiger partial charge on any atom is -0.508 e. The first-order valence-corrected chi connectivity index (χ1v) is 18.1. The summed E-state index contributed by atoms with van der Waals surface area (Å²) < 4.78 is 93.4. The third-order valence-electron chi connectivity index (χ3n) is 11.7. The number of nitrogens with zero attached hydrogens (tertiary/aromatic N) is 6. The molecule has 5 heterocycles. The summed E-state index contributed by atoms with van der Waals surface area (Å²) in [5.74, 6) is 0.730. The Labute approximate surface area is 307 Å². The van der Waals surface area contributed by atoms with Crippen LogP contribution in [0.1, 0.15) is 49.7 Å². The van der Waals surface area contributed by atoms with Crippen LogP contribution in [0.5, 0.6) is 11.8 Å². The molecule has 4 aromatic rings. The number of aromatic nitrogens is 2. The molecule has 8 rings (SSSR count). The number of fused-ring (bicyclic) bond motifs is 5. The SMILES string of the molecule is C#Cc1c(F)ccc2cc(O)cc(-c3c(N)c(C=NC)c4c(N5CC6CCC(C5)N6CCC(F)(F)F)nc(OC[C@@]56CCCN5C[C@H](F)C6)nc4c3F)c12. The maximum atomic E-state index is 17.5. The Balaban J connectivity index is 1.32. The number of aromatic hydroxyl groups is 1. The lowest BCUT2D eigenvalue weighted by Gasteiger charge is -2.42. The van der Waals surface area contributed by atoms with Crippen molar-refractivity contribution in [2.45, 2.75) is 68.5 Å². The molecule has 15 heteroatoms. The number of phenolic OH excluding ortho intramolecular Hbond substituents is 1. The first-order chi connectivity index (χ1) is 25.8. The second-order valence-electron chi connectivity index (χ2n) is 14.9. The van der Waals surface area contributed by atoms with Gasteiger partial charge in [-0.25, -0.2) is 13.2 Å². The lowest BCUT2D eigenvalue weighted by atomic mass is 9.90. The zero-order valence-corrected chi connectivity index (χ0v) is 29.6. The molecule has 4 aliphatic heterocycles. The highest BCUT2D eigenvalue weighted by molar-refractivity contribution is 6.15. The zero-order chi connectivity index (χ0) is 38.1. The number of hydrogen-bond donors (Lipinski definition) is 2. The highest BCUT2D eigenvalue weighted by Gasteiger charge is 2.50. The molecule has 9 nitrogen and oxygen atoms in total. The van der Waals surface area contributed by atoms with Crippen molar-refractivity contribution in [2.75, 3.05) is 57.0 Å². The summed E-state index contributed by atoms with van der Waals surface area (Å²) in [6.07, 6.45) is 4.16. The lowest BCUT2D eigenvalue weighted by molar-refractivity contribution is -0.139. The number of nitrogens with two attached hydrogens (primary N) is 1. The van der Waals surface area contributed by atoms with Crippen LogP contribution in [0.4, 0.5) is 37.8 Å². The Morgan fingerprint density at radius 3 is 2.59 bits per heavy atom. The second-order valence-corrected chi connectivity index (χ2v) is 14.9. The number of terminal acetylenes is 1. The molecule has 4 atom stereocenters. The highest BCUT2D eigenvalue weighted by atomic mass is 19.4. The van der Waals surface area contributed by atoms with Crippen LogP contribution in [0.15, 0.2) is 29.3 Å². The first kappa shape index (κ1) is 36.2. The number of hydrogen-bond acceptors (Lipinski definition) is 9. The van der Waals surface area contributed by atoms with Gasteiger partial charge in [0.15, 0.2) is 5.82 Å². The summed E-state index contributed by atoms with van der Waals surface area (Å²) in [4.78, 5) is 19.5. The molecule has 4 fully saturated rings. The summed E-state index contributed by atoms with van der Waals surface area (Å²) in [6, 6.07) is 4.62. The van der Waals surface area contributed by atoms with Crippen molar-refractivity contribution in [1.29, 1.82) is 0 Å². The van der Waals surface area contributed by atoms with E-state index in [0.29, 0.717) is 44.3 Å². The number of phenols is 1. The Hall–Kier alpha value is -4.81. The molecule has 0 spiro atoms. The van der Waals surface area contributed by atoms with E-state index in [2.05, 4.69) is 20.8 Å². The van der Waals surface area contributed by atoms with Crippen molar-refractivity contribution in [2.24, 2.45) is 4.99 Å². The number of halogens is 6. The zero-order valence-electron chi connectivity index (χ0n) is 29.6. The van der Waals surface area contributed by atoms with E-state index >= 15 is 8.78 Å². The molecule has 54 heavy (non-hydrogen) atoms. The van der Waals surface area contributed by atoms with E-state index < -0.39 is 35.9 Å². The molecular weight excluding hydrogens is 712 g/mol. The van der Waals surface area contributed by atoms with Crippen LogP contribution < -0.4 is 15.4 Å². The molecule has 4 saturated heterocycles. The number of piperazine rings is 1. The molecule has 3 N–H and O–H groups in total. The van der Waals surface area contributed by atoms with Gasteiger partial charge in [0.25, 0.3) is 0 Å². The largest absolute Gasteiger partial charge is 0.508 e. The maximum Gasteiger partial charge on any atom is 0.390 e. The first-order valence-electron chi connectivity index (χ1n) is 18.1. The lowest BCUT2D eigenvalue weighted by Crippen LogP contribution is -2.54. The molecule has 0 radical (unpaired) electrons. The molecular formula is C39H39F6N7O2. The summed E-state index contributed by atoms with van der Waals surface area (Å²) in [7, 11) is 1.51. The third-order valence-corrected chi connectivity index (χ3v) is 11.7. The average Bonchev–Trinajstić information content (AvgIpc) is 3.73. The van der Waals surface area contributed by atoms with Crippen LogP contribution in [0, 0.1) is 24.0 Å². The highest BCUT2D eigenvalue weighted by Crippen LogP contribution is 2.46. The fourth-order valence-corrected chi connectivity index (χ4v) is 9.36. The second kappa shape index (κ2) is 13.5. The summed E-state index contributed by atoms with van der Waals surface area (Å²) in [5, 5.41) is 11.5. The van der Waals surface area contributed by atoms with Crippen LogP contribution in [0.2, 0.25) is 0 Å². The Morgan fingerprint density at radius 1 is 1.13 bits per heavy atom. The number of alkyl halides is 4. The van der Waals surface area contributed by atoms with Crippen LogP contribution >= 0.6 is 0 Å². The van der Waals surface area contributed by atoms with Gasteiger partial charge >= 0.3 is 12.2 Å². The number of aliphatic imine (C=N–C) groups is 1. The predicted molar refractivity (Wildman–Crippen MR) is 195 cm³/mol. The number of nitrogen functional groups attached to an aromatic ring is 1. The van der Waals surface area contributed by atoms with Gasteiger partial charge in [-0.1, -0.05) is 12.0 Å². The fraction of sp³-hybridized carbons (Fsp3) is 0.462. The van der Waals surface area contributed by atoms with Gasteiger partial charge in [-0.2, -0.15) is 23.1 Å². The Morgan fingerprint density at radius 2 is 1.89 bits per heavy atom. The minimum atomic E-state index is -4.30. The van der Waals surface area contributed by atoms with E-state index in [4.69, 9.17) is 21.9 Å². The monoisotopic (exact) mass is 751 g/mol. The van der Waals surface area contributed by atoms with E-state index in [0.717, 1.165) is 19.0 Å². The molecule has 4 aliphatic rings. The van der Waals surface area contributed by atoms with Gasteiger partial charge in [0.05, 0.1) is 28.6 Å². The number of ether oxygens (including phenoxy) is 1. The minimum absolute atomic E-state index is 0.0273. The van der Waals surface area contributed by atoms with Gasteiger partial charge in [0.1, 0.15) is 35.7 Å². The van der Waals surface area contributed by atoms with Crippen molar-refractivity contribution < 1.29 is 36.2 Å². The summed E-state index contributed by atoms with van der Waals surface area (Å²) in [5.41, 5.74) is 5.88. The molecule has 2 bridgehead atoms. The van der Waals surface area contributed by atoms with Crippen molar-refractivity contribution in [1.82, 2.24) is 19.8 Å². The van der Waals surface area contributed by atoms with Crippen molar-refractivity contribution in [3.05, 3.63) is 47.0 Å². The van der Waals surface area contributed by atoms with Gasteiger partial charge in [0.2, 0.25) is 0 Å². The standard InChI is InChI=1S/C39H39F6N7O2/c1-3-26-29(41)8-5-21-13-25(53)14-27(30(21)26)31-33(42)35-32(28(16-47-2)34(31)46)36(50-18-23-6-7-24(19-50)52(23)12-10-39(43,44)45)49-37(48-35)54-20-38-9-4-11-51(38)17-22(40)15-38/h1,5,8,13-14,16,22-24,53H,4,6-7,9-12,15,17-20,46H2,2H3/t22-,23?,24?,38+/m1/s1. The fourth-order valence-electron chi connectivity index (χ4n) is 9.36. The quantitative estimate of drug-likeness (QED) is 0.0899. The van der Waals surface area contributed by atoms with E-state index in [-0.39, 0.29) is 93.5 Å². The Bertz CT molecular complexity index is 2210. The topological polar surface area (TPSA) is 103 Å². The molecule has 1 aromatic heterocycles. The van der Waals surface area contributed by atoms with Gasteiger partial charge in [-0.3, -0.25) is 14.8 Å². The van der Waals surface area contributed by atoms with E-state index in [9.17, 15) is 22.7 Å². The van der Waals surface area contributed by atoms with Crippen molar-refractivity contribution in [3.63, 3.8) is 0 Å². The summed E-state index contributed by atoms with van der Waals surface area (Å²) >= 11 is 0. The molecule has 284 valence electrons. The normalized spacial score (nSPS) is 24.6. The van der Waals surface area contributed by atoms with Gasteiger partial charge < -0.3 is 20.5 Å². The van der Waals surface area contributed by atoms with E-state index in [1.807, 2.05) is 9.80 Å². The maximum absolute atomic E-state index is 17.5. The van der Waals surface area contributed by atoms with Gasteiger partial charge in [-0.15, -0.1) is 6.42 Å². The molecule has 3 aromatic carbocycles. The van der Waals surface area contributed by atoms with Gasteiger partial charge in [0, 0.05) is 74.5 Å². The van der Waals surface area contributed by atoms with Crippen molar-refractivity contribution >= 4 is 39.4 Å². The number of rotatable bonds is 8. The van der Waals surface area contributed by atoms with Crippen LogP contribution in [0.25, 0.3) is 32.8 Å². The third kappa shape index (κ3) is 6.13. The van der Waals surface area contributed by atoms with Crippen LogP contribution in [-0.4, -0.2) is 107 Å². The summed E-state index contributed by atoms with van der Waals surface area (Å²) in [6.45, 7) is 1.55. The molecule has 2 unspecified atom stereocenters. The van der Waals surface area contributed by atoms with Crippen LogP contribution in [0.3, 0.4) is 0 Å².